The predicted molar refractivity (Wildman–Crippen MR) is 158 cm³/mol. The Morgan fingerprint density at radius 2 is 1.84 bits per heavy atom. The van der Waals surface area contributed by atoms with Gasteiger partial charge in [-0.05, 0) is 49.7 Å². The fraction of sp³-hybridized carbons (Fsp3) is 0.414. The molecule has 2 saturated heterocycles. The fourth-order valence-corrected chi connectivity index (χ4v) is 5.63. The van der Waals surface area contributed by atoms with Gasteiger partial charge in [0.1, 0.15) is 0 Å². The minimum Gasteiger partial charge on any atom is -0.360 e. The van der Waals surface area contributed by atoms with Crippen LogP contribution in [0.25, 0.3) is 11.3 Å². The van der Waals surface area contributed by atoms with Crippen LogP contribution in [0.15, 0.2) is 30.5 Å². The quantitative estimate of drug-likeness (QED) is 0.393. The van der Waals surface area contributed by atoms with E-state index in [0.717, 1.165) is 25.6 Å². The number of benzene rings is 1. The number of nitrogens with one attached hydrogen (secondary N) is 2. The zero-order chi connectivity index (χ0) is 30.8. The Morgan fingerprint density at radius 3 is 2.49 bits per heavy atom. The number of halogens is 3. The Morgan fingerprint density at radius 1 is 1.12 bits per heavy atom. The Labute approximate surface area is 252 Å². The van der Waals surface area contributed by atoms with E-state index >= 15 is 0 Å². The molecule has 2 aliphatic heterocycles. The first kappa shape index (κ1) is 30.4. The lowest BCUT2D eigenvalue weighted by atomic mass is 10.0. The minimum absolute atomic E-state index is 0.0561. The van der Waals surface area contributed by atoms with Crippen LogP contribution in [-0.4, -0.2) is 95.4 Å². The summed E-state index contributed by atoms with van der Waals surface area (Å²) in [6.45, 7) is 3.56. The van der Waals surface area contributed by atoms with Crippen molar-refractivity contribution in [2.75, 3.05) is 63.6 Å². The maximum Gasteiger partial charge on any atom is 0.291 e. The Balaban J connectivity index is 1.21. The average molecular weight is 615 g/mol. The lowest BCUT2D eigenvalue weighted by Crippen LogP contribution is -2.51. The van der Waals surface area contributed by atoms with E-state index in [0.29, 0.717) is 44.2 Å². The molecule has 2 aliphatic rings. The van der Waals surface area contributed by atoms with Crippen molar-refractivity contribution >= 4 is 40.8 Å². The van der Waals surface area contributed by atoms with E-state index in [-0.39, 0.29) is 45.3 Å². The lowest BCUT2D eigenvalue weighted by Gasteiger charge is -2.35. The highest BCUT2D eigenvalue weighted by Gasteiger charge is 2.28. The number of hydrogen-bond acceptors (Lipinski definition) is 7. The number of imidazole rings is 1. The van der Waals surface area contributed by atoms with Crippen LogP contribution in [0, 0.1) is 17.7 Å². The van der Waals surface area contributed by atoms with Gasteiger partial charge in [0.25, 0.3) is 11.8 Å². The zero-order valence-electron chi connectivity index (χ0n) is 24.2. The molecule has 3 amide bonds. The first-order valence-electron chi connectivity index (χ1n) is 14.0. The van der Waals surface area contributed by atoms with E-state index in [1.165, 1.54) is 34.8 Å². The van der Waals surface area contributed by atoms with Gasteiger partial charge in [-0.2, -0.15) is 9.37 Å². The second-order valence-electron chi connectivity index (χ2n) is 10.9. The van der Waals surface area contributed by atoms with Gasteiger partial charge >= 0.3 is 0 Å². The van der Waals surface area contributed by atoms with Gasteiger partial charge < -0.3 is 29.9 Å². The van der Waals surface area contributed by atoms with Crippen molar-refractivity contribution in [1.29, 1.82) is 0 Å². The summed E-state index contributed by atoms with van der Waals surface area (Å²) in [4.78, 5) is 51.4. The molecule has 2 aromatic heterocycles. The third-order valence-electron chi connectivity index (χ3n) is 7.80. The zero-order valence-corrected chi connectivity index (χ0v) is 24.9. The van der Waals surface area contributed by atoms with Gasteiger partial charge in [0.05, 0.1) is 28.0 Å². The van der Waals surface area contributed by atoms with Crippen molar-refractivity contribution in [3.63, 3.8) is 0 Å². The van der Waals surface area contributed by atoms with Gasteiger partial charge in [-0.25, -0.2) is 9.37 Å². The van der Waals surface area contributed by atoms with Crippen molar-refractivity contribution in [3.8, 4) is 11.3 Å². The number of nitrogens with zero attached hydrogens (tertiary/aromatic N) is 6. The predicted octanol–water partition coefficient (Wildman–Crippen LogP) is 3.02. The van der Waals surface area contributed by atoms with E-state index in [1.807, 2.05) is 4.90 Å². The summed E-state index contributed by atoms with van der Waals surface area (Å²) in [5.41, 5.74) is 0.624. The van der Waals surface area contributed by atoms with Gasteiger partial charge in [-0.1, -0.05) is 11.6 Å². The van der Waals surface area contributed by atoms with Crippen LogP contribution < -0.4 is 15.5 Å². The van der Waals surface area contributed by atoms with Crippen LogP contribution in [-0.2, 0) is 11.8 Å². The lowest BCUT2D eigenvalue weighted by molar-refractivity contribution is -0.133. The molecule has 43 heavy (non-hydrogen) atoms. The molecule has 0 radical (unpaired) electrons. The van der Waals surface area contributed by atoms with Gasteiger partial charge in [0, 0.05) is 59.4 Å². The molecule has 0 bridgehead atoms. The topological polar surface area (TPSA) is 116 Å². The molecule has 3 aromatic rings. The van der Waals surface area contributed by atoms with Crippen molar-refractivity contribution in [2.24, 2.45) is 13.0 Å². The van der Waals surface area contributed by atoms with E-state index < -0.39 is 17.7 Å². The van der Waals surface area contributed by atoms with Crippen molar-refractivity contribution in [1.82, 2.24) is 29.7 Å². The number of carbonyl (C=O) groups is 3. The van der Waals surface area contributed by atoms with Crippen molar-refractivity contribution in [3.05, 3.63) is 58.6 Å². The maximum absolute atomic E-state index is 14.7. The Bertz CT molecular complexity index is 1550. The molecular weight excluding hydrogens is 582 g/mol. The minimum atomic E-state index is -0.901. The second kappa shape index (κ2) is 12.6. The molecule has 1 aromatic carbocycles. The molecule has 2 fully saturated rings. The van der Waals surface area contributed by atoms with E-state index in [1.54, 1.807) is 25.1 Å². The third kappa shape index (κ3) is 6.47. The van der Waals surface area contributed by atoms with Gasteiger partial charge in [-0.15, -0.1) is 0 Å². The van der Waals surface area contributed by atoms with Crippen LogP contribution in [0.1, 0.15) is 33.8 Å². The number of amides is 3. The summed E-state index contributed by atoms with van der Waals surface area (Å²) < 4.78 is 30.5. The SMILES string of the molecule is CN(C)c1nc(F)c(-c2cnc(C(=O)Nc3ccc(C(=O)N4CCN(C(=O)C[C@@H]5CCNC5)CC4)c(Cl)c3)n2C)cc1F. The molecule has 0 spiro atoms. The van der Waals surface area contributed by atoms with Crippen LogP contribution >= 0.6 is 11.6 Å². The normalized spacial score (nSPS) is 16.8. The molecule has 0 aliphatic carbocycles. The summed E-state index contributed by atoms with van der Waals surface area (Å²) in [5, 5.41) is 6.11. The largest absolute Gasteiger partial charge is 0.360 e. The Kier molecular flexibility index (Phi) is 8.92. The highest BCUT2D eigenvalue weighted by Crippen LogP contribution is 2.28. The number of pyridine rings is 1. The highest BCUT2D eigenvalue weighted by molar-refractivity contribution is 6.34. The van der Waals surface area contributed by atoms with E-state index in [9.17, 15) is 23.2 Å². The van der Waals surface area contributed by atoms with Crippen molar-refractivity contribution in [2.45, 2.75) is 12.8 Å². The van der Waals surface area contributed by atoms with Gasteiger partial charge in [0.2, 0.25) is 11.9 Å². The number of anilines is 2. The molecule has 0 saturated carbocycles. The van der Waals surface area contributed by atoms with E-state index in [4.69, 9.17) is 11.6 Å². The number of carbonyl (C=O) groups excluding carboxylic acids is 3. The van der Waals surface area contributed by atoms with Crippen molar-refractivity contribution < 1.29 is 23.2 Å². The molecule has 2 N–H and O–H groups in total. The molecule has 11 nitrogen and oxygen atoms in total. The summed E-state index contributed by atoms with van der Waals surface area (Å²) in [5.74, 6) is -2.20. The fourth-order valence-electron chi connectivity index (χ4n) is 5.37. The van der Waals surface area contributed by atoms with Crippen LogP contribution in [0.4, 0.5) is 20.3 Å². The number of hydrogen-bond donors (Lipinski definition) is 2. The van der Waals surface area contributed by atoms with Gasteiger partial charge in [0.15, 0.2) is 17.5 Å². The first-order chi connectivity index (χ1) is 20.5. The summed E-state index contributed by atoms with van der Waals surface area (Å²) >= 11 is 6.45. The third-order valence-corrected chi connectivity index (χ3v) is 8.12. The van der Waals surface area contributed by atoms with Crippen LogP contribution in [0.3, 0.4) is 0 Å². The maximum atomic E-state index is 14.7. The first-order valence-corrected chi connectivity index (χ1v) is 14.4. The standard InChI is InChI=1S/C29H33ClF2N8O3/c1-37(2)26-22(31)14-20(25(32)36-26)23-16-34-27(38(23)3)28(42)35-18-4-5-19(21(30)13-18)29(43)40-10-8-39(9-11-40)24(41)12-17-6-7-33-15-17/h4-5,13-14,16-17,33H,6-12,15H2,1-3H3,(H,35,42)/t17-/m0/s1. The average Bonchev–Trinajstić information content (AvgIpc) is 3.63. The van der Waals surface area contributed by atoms with Crippen LogP contribution in [0.2, 0.25) is 5.02 Å². The monoisotopic (exact) mass is 614 g/mol. The molecule has 1 atom stereocenters. The Hall–Kier alpha value is -4.10. The molecule has 5 rings (SSSR count). The summed E-state index contributed by atoms with van der Waals surface area (Å²) in [7, 11) is 4.60. The summed E-state index contributed by atoms with van der Waals surface area (Å²) in [6.07, 6.45) is 2.79. The number of aromatic nitrogens is 3. The van der Waals surface area contributed by atoms with Gasteiger partial charge in [-0.3, -0.25) is 14.4 Å². The van der Waals surface area contributed by atoms with E-state index in [2.05, 4.69) is 20.6 Å². The number of rotatable bonds is 7. The smallest absolute Gasteiger partial charge is 0.291 e. The molecule has 0 unspecified atom stereocenters. The number of piperazine rings is 1. The molecule has 228 valence electrons. The molecule has 4 heterocycles. The molecule has 14 heteroatoms. The molecular formula is C29H33ClF2N8O3. The summed E-state index contributed by atoms with van der Waals surface area (Å²) in [6, 6.07) is 5.56. The second-order valence-corrected chi connectivity index (χ2v) is 11.3. The van der Waals surface area contributed by atoms with Crippen LogP contribution in [0.5, 0.6) is 0 Å². The highest BCUT2D eigenvalue weighted by atomic mass is 35.5.